The van der Waals surface area contributed by atoms with Gasteiger partial charge in [0.05, 0.1) is 17.5 Å². The van der Waals surface area contributed by atoms with Crippen LogP contribution in [0.15, 0.2) is 10.7 Å². The van der Waals surface area contributed by atoms with Crippen LogP contribution in [0.4, 0.5) is 0 Å². The van der Waals surface area contributed by atoms with E-state index in [2.05, 4.69) is 40.9 Å². The molecule has 1 fully saturated rings. The van der Waals surface area contributed by atoms with E-state index in [4.69, 9.17) is 10.3 Å². The highest BCUT2D eigenvalue weighted by Crippen LogP contribution is 2.37. The molecule has 0 atom stereocenters. The molecular formula is C14H21N5OS. The Labute approximate surface area is 128 Å². The molecule has 1 aliphatic rings. The monoisotopic (exact) mass is 307 g/mol. The number of imidazole rings is 1. The number of hydrogen-bond acceptors (Lipinski definition) is 6. The molecule has 2 aromatic rings. The zero-order chi connectivity index (χ0) is 15.1. The van der Waals surface area contributed by atoms with E-state index in [1.165, 1.54) is 0 Å². The summed E-state index contributed by atoms with van der Waals surface area (Å²) >= 11 is 1.79. The van der Waals surface area contributed by atoms with Gasteiger partial charge in [0.1, 0.15) is 11.5 Å². The highest BCUT2D eigenvalue weighted by molar-refractivity contribution is 7.99. The Bertz CT molecular complexity index is 623. The summed E-state index contributed by atoms with van der Waals surface area (Å²) in [4.78, 5) is 12.0. The summed E-state index contributed by atoms with van der Waals surface area (Å²) < 4.78 is 5.49. The lowest BCUT2D eigenvalue weighted by Gasteiger charge is -2.35. The van der Waals surface area contributed by atoms with Crippen molar-refractivity contribution in [2.24, 2.45) is 5.73 Å². The second-order valence-corrected chi connectivity index (χ2v) is 8.37. The van der Waals surface area contributed by atoms with Gasteiger partial charge in [0.25, 0.3) is 5.89 Å². The van der Waals surface area contributed by atoms with Gasteiger partial charge in [-0.15, -0.1) is 11.8 Å². The van der Waals surface area contributed by atoms with Gasteiger partial charge in [0.2, 0.25) is 0 Å². The Morgan fingerprint density at radius 2 is 2.19 bits per heavy atom. The van der Waals surface area contributed by atoms with Gasteiger partial charge in [-0.3, -0.25) is 0 Å². The second-order valence-electron chi connectivity index (χ2n) is 6.57. The molecule has 0 bridgehead atoms. The fourth-order valence-corrected chi connectivity index (χ4v) is 2.86. The van der Waals surface area contributed by atoms with Crippen molar-refractivity contribution in [3.05, 3.63) is 17.8 Å². The molecule has 0 unspecified atom stereocenters. The molecule has 2 aromatic heterocycles. The highest BCUT2D eigenvalue weighted by Gasteiger charge is 2.37. The van der Waals surface area contributed by atoms with E-state index in [9.17, 15) is 0 Å². The minimum Gasteiger partial charge on any atom is -0.336 e. The predicted molar refractivity (Wildman–Crippen MR) is 82.6 cm³/mol. The molecule has 3 rings (SSSR count). The normalized spacial score (nSPS) is 17.7. The van der Waals surface area contributed by atoms with E-state index in [1.807, 2.05) is 0 Å². The SMILES string of the molecule is CC(C)(C)SCc1noc(-c2cnc(C3(N)CCC3)[nH]2)n1. The number of hydrogen-bond donors (Lipinski definition) is 2. The van der Waals surface area contributed by atoms with Gasteiger partial charge in [0, 0.05) is 4.75 Å². The molecule has 0 amide bonds. The highest BCUT2D eigenvalue weighted by atomic mass is 32.2. The van der Waals surface area contributed by atoms with Crippen LogP contribution in [0.1, 0.15) is 51.7 Å². The number of thioether (sulfide) groups is 1. The van der Waals surface area contributed by atoms with Gasteiger partial charge < -0.3 is 15.2 Å². The van der Waals surface area contributed by atoms with E-state index >= 15 is 0 Å². The van der Waals surface area contributed by atoms with Crippen LogP contribution in [0.2, 0.25) is 0 Å². The number of H-pyrrole nitrogens is 1. The number of rotatable bonds is 4. The Hall–Kier alpha value is -1.34. The quantitative estimate of drug-likeness (QED) is 0.902. The fourth-order valence-electron chi connectivity index (χ4n) is 2.18. The van der Waals surface area contributed by atoms with E-state index < -0.39 is 0 Å². The molecule has 21 heavy (non-hydrogen) atoms. The molecule has 114 valence electrons. The van der Waals surface area contributed by atoms with Crippen LogP contribution >= 0.6 is 11.8 Å². The van der Waals surface area contributed by atoms with Gasteiger partial charge >= 0.3 is 0 Å². The molecule has 2 heterocycles. The number of nitrogens with one attached hydrogen (secondary N) is 1. The van der Waals surface area contributed by atoms with Gasteiger partial charge in [-0.2, -0.15) is 4.98 Å². The van der Waals surface area contributed by atoms with Crippen molar-refractivity contribution in [2.75, 3.05) is 0 Å². The van der Waals surface area contributed by atoms with Gasteiger partial charge in [0.15, 0.2) is 5.82 Å². The molecule has 1 aliphatic carbocycles. The molecule has 0 aliphatic heterocycles. The summed E-state index contributed by atoms with van der Waals surface area (Å²) in [5.74, 6) is 2.72. The number of aromatic nitrogens is 4. The minimum absolute atomic E-state index is 0.179. The molecule has 6 nitrogen and oxygen atoms in total. The molecule has 0 aromatic carbocycles. The van der Waals surface area contributed by atoms with Crippen LogP contribution in [0.5, 0.6) is 0 Å². The first kappa shape index (κ1) is 14.6. The van der Waals surface area contributed by atoms with E-state index in [0.717, 1.165) is 36.5 Å². The van der Waals surface area contributed by atoms with Crippen molar-refractivity contribution >= 4 is 11.8 Å². The summed E-state index contributed by atoms with van der Waals surface area (Å²) in [7, 11) is 0. The first-order chi connectivity index (χ1) is 9.86. The van der Waals surface area contributed by atoms with Crippen LogP contribution in [0, 0.1) is 0 Å². The largest absolute Gasteiger partial charge is 0.336 e. The maximum absolute atomic E-state index is 6.25. The second kappa shape index (κ2) is 5.14. The summed E-state index contributed by atoms with van der Waals surface area (Å²) in [5, 5.41) is 4.02. The van der Waals surface area contributed by atoms with Crippen molar-refractivity contribution in [1.29, 1.82) is 0 Å². The average molecular weight is 307 g/mol. The van der Waals surface area contributed by atoms with Crippen LogP contribution in [-0.2, 0) is 11.3 Å². The maximum atomic E-state index is 6.25. The lowest BCUT2D eigenvalue weighted by atomic mass is 9.77. The van der Waals surface area contributed by atoms with Crippen molar-refractivity contribution < 1.29 is 4.52 Å². The molecule has 7 heteroatoms. The van der Waals surface area contributed by atoms with E-state index in [-0.39, 0.29) is 10.3 Å². The third kappa shape index (κ3) is 3.13. The summed E-state index contributed by atoms with van der Waals surface area (Å²) in [5.41, 5.74) is 6.69. The first-order valence-electron chi connectivity index (χ1n) is 7.17. The molecule has 0 saturated heterocycles. The third-order valence-corrected chi connectivity index (χ3v) is 4.89. The Morgan fingerprint density at radius 3 is 2.81 bits per heavy atom. The van der Waals surface area contributed by atoms with Crippen molar-refractivity contribution in [1.82, 2.24) is 20.1 Å². The topological polar surface area (TPSA) is 93.6 Å². The van der Waals surface area contributed by atoms with Gasteiger partial charge in [-0.25, -0.2) is 4.98 Å². The van der Waals surface area contributed by atoms with E-state index in [0.29, 0.717) is 11.7 Å². The summed E-state index contributed by atoms with van der Waals surface area (Å²) in [6, 6.07) is 0. The van der Waals surface area contributed by atoms with Crippen LogP contribution in [0.3, 0.4) is 0 Å². The molecule has 1 saturated carbocycles. The van der Waals surface area contributed by atoms with Crippen LogP contribution < -0.4 is 5.73 Å². The van der Waals surface area contributed by atoms with Crippen molar-refractivity contribution in [3.8, 4) is 11.6 Å². The lowest BCUT2D eigenvalue weighted by Crippen LogP contribution is -2.44. The third-order valence-electron chi connectivity index (χ3n) is 3.63. The number of nitrogens with two attached hydrogens (primary N) is 1. The standard InChI is InChI=1S/C14H21N5OS/c1-13(2,3)21-8-10-18-11(20-19-10)9-7-16-12(17-9)14(15)5-4-6-14/h7H,4-6,8,15H2,1-3H3,(H,16,17). The van der Waals surface area contributed by atoms with Crippen LogP contribution in [0.25, 0.3) is 11.6 Å². The van der Waals surface area contributed by atoms with E-state index in [1.54, 1.807) is 18.0 Å². The molecular weight excluding hydrogens is 286 g/mol. The van der Waals surface area contributed by atoms with Gasteiger partial charge in [-0.05, 0) is 19.3 Å². The average Bonchev–Trinajstić information content (AvgIpc) is 3.01. The number of aromatic amines is 1. The van der Waals surface area contributed by atoms with Crippen LogP contribution in [-0.4, -0.2) is 24.9 Å². The zero-order valence-electron chi connectivity index (χ0n) is 12.6. The smallest absolute Gasteiger partial charge is 0.276 e. The molecule has 0 radical (unpaired) electrons. The zero-order valence-corrected chi connectivity index (χ0v) is 13.5. The maximum Gasteiger partial charge on any atom is 0.276 e. The molecule has 0 spiro atoms. The minimum atomic E-state index is -0.302. The summed E-state index contributed by atoms with van der Waals surface area (Å²) in [6.45, 7) is 6.50. The van der Waals surface area contributed by atoms with Crippen molar-refractivity contribution in [2.45, 2.75) is 56.1 Å². The number of nitrogens with zero attached hydrogens (tertiary/aromatic N) is 3. The Morgan fingerprint density at radius 1 is 1.43 bits per heavy atom. The first-order valence-corrected chi connectivity index (χ1v) is 8.16. The predicted octanol–water partition coefficient (Wildman–Crippen LogP) is 2.83. The Balaban J connectivity index is 1.71. The lowest BCUT2D eigenvalue weighted by molar-refractivity contribution is 0.240. The molecule has 3 N–H and O–H groups in total. The summed E-state index contributed by atoms with van der Waals surface area (Å²) in [6.07, 6.45) is 4.81. The Kier molecular flexibility index (Phi) is 3.57. The van der Waals surface area contributed by atoms with Crippen molar-refractivity contribution in [3.63, 3.8) is 0 Å². The van der Waals surface area contributed by atoms with Gasteiger partial charge in [-0.1, -0.05) is 25.9 Å². The fraction of sp³-hybridized carbons (Fsp3) is 0.643.